The molecule has 1 N–H and O–H groups in total. The Morgan fingerprint density at radius 2 is 1.89 bits per heavy atom. The maximum atomic E-state index is 5.90. The lowest BCUT2D eigenvalue weighted by Gasteiger charge is -2.07. The van der Waals surface area contributed by atoms with Crippen molar-refractivity contribution >= 4 is 0 Å². The molecule has 2 aromatic rings. The minimum absolute atomic E-state index is 0.434. The first kappa shape index (κ1) is 12.9. The summed E-state index contributed by atoms with van der Waals surface area (Å²) in [6, 6.07) is 11.0. The zero-order valence-electron chi connectivity index (χ0n) is 11.6. The van der Waals surface area contributed by atoms with Crippen LogP contribution < -0.4 is 5.32 Å². The number of nitrogens with one attached hydrogen (secondary N) is 1. The molecule has 0 spiro atoms. The van der Waals surface area contributed by atoms with Gasteiger partial charge in [-0.2, -0.15) is 0 Å². The number of likely N-dealkylation sites (N-methyl/N-ethyl adjacent to an activating group) is 1. The largest absolute Gasteiger partial charge is 0.461 e. The van der Waals surface area contributed by atoms with Gasteiger partial charge < -0.3 is 9.73 Å². The number of furan rings is 1. The van der Waals surface area contributed by atoms with Gasteiger partial charge in [0.25, 0.3) is 0 Å². The smallest absolute Gasteiger partial charge is 0.134 e. The Hall–Kier alpha value is -1.54. The van der Waals surface area contributed by atoms with Crippen molar-refractivity contribution in [1.29, 1.82) is 0 Å². The molecular formula is C16H21NO. The third-order valence-corrected chi connectivity index (χ3v) is 3.45. The summed E-state index contributed by atoms with van der Waals surface area (Å²) in [5, 5.41) is 3.22. The highest BCUT2D eigenvalue weighted by Crippen LogP contribution is 2.24. The fraction of sp³-hybridized carbons (Fsp3) is 0.375. The van der Waals surface area contributed by atoms with Crippen LogP contribution >= 0.6 is 0 Å². The van der Waals surface area contributed by atoms with Crippen molar-refractivity contribution in [3.05, 3.63) is 47.2 Å². The van der Waals surface area contributed by atoms with Crippen molar-refractivity contribution in [2.75, 3.05) is 7.05 Å². The summed E-state index contributed by atoms with van der Waals surface area (Å²) < 4.78 is 5.90. The Bertz CT molecular complexity index is 528. The van der Waals surface area contributed by atoms with Crippen LogP contribution in [0.15, 0.2) is 34.7 Å². The van der Waals surface area contributed by atoms with Crippen LogP contribution in [0.4, 0.5) is 0 Å². The van der Waals surface area contributed by atoms with Gasteiger partial charge in [0.05, 0.1) is 0 Å². The van der Waals surface area contributed by atoms with Gasteiger partial charge in [-0.25, -0.2) is 0 Å². The second-order valence-corrected chi connectivity index (χ2v) is 4.96. The minimum atomic E-state index is 0.434. The molecular weight excluding hydrogens is 222 g/mol. The maximum Gasteiger partial charge on any atom is 0.134 e. The summed E-state index contributed by atoms with van der Waals surface area (Å²) in [6.45, 7) is 6.41. The molecule has 96 valence electrons. The second kappa shape index (κ2) is 5.40. The highest BCUT2D eigenvalue weighted by molar-refractivity contribution is 5.59. The normalized spacial score (nSPS) is 12.7. The highest BCUT2D eigenvalue weighted by Gasteiger charge is 2.08. The number of benzene rings is 1. The Morgan fingerprint density at radius 1 is 1.11 bits per heavy atom. The Kier molecular flexibility index (Phi) is 3.87. The average Bonchev–Trinajstić information content (AvgIpc) is 2.81. The molecule has 1 heterocycles. The van der Waals surface area contributed by atoms with E-state index < -0.39 is 0 Å². The Balaban J connectivity index is 2.21. The predicted molar refractivity (Wildman–Crippen MR) is 75.8 cm³/mol. The van der Waals surface area contributed by atoms with E-state index in [0.717, 1.165) is 23.5 Å². The van der Waals surface area contributed by atoms with Crippen LogP contribution in [-0.4, -0.2) is 13.1 Å². The van der Waals surface area contributed by atoms with Crippen LogP contribution in [0, 0.1) is 13.8 Å². The summed E-state index contributed by atoms with van der Waals surface area (Å²) in [6.07, 6.45) is 0.918. The number of rotatable bonds is 4. The fourth-order valence-corrected chi connectivity index (χ4v) is 1.94. The first-order valence-corrected chi connectivity index (χ1v) is 6.43. The van der Waals surface area contributed by atoms with E-state index >= 15 is 0 Å². The number of hydrogen-bond acceptors (Lipinski definition) is 2. The molecule has 1 aromatic heterocycles. The molecule has 0 saturated heterocycles. The second-order valence-electron chi connectivity index (χ2n) is 4.96. The molecule has 0 radical (unpaired) electrons. The SMILES string of the molecule is CNC(C)Cc1ccc(-c2ccc(C)c(C)c2)o1. The molecule has 2 heteroatoms. The third-order valence-electron chi connectivity index (χ3n) is 3.45. The molecule has 0 fully saturated rings. The fourth-order valence-electron chi connectivity index (χ4n) is 1.94. The lowest BCUT2D eigenvalue weighted by Crippen LogP contribution is -2.23. The Morgan fingerprint density at radius 3 is 2.56 bits per heavy atom. The zero-order chi connectivity index (χ0) is 13.1. The maximum absolute atomic E-state index is 5.90. The van der Waals surface area contributed by atoms with Gasteiger partial charge >= 0.3 is 0 Å². The van der Waals surface area contributed by atoms with Crippen LogP contribution in [0.25, 0.3) is 11.3 Å². The van der Waals surface area contributed by atoms with Gasteiger partial charge in [-0.05, 0) is 57.1 Å². The predicted octanol–water partition coefficient (Wildman–Crippen LogP) is 3.71. The van der Waals surface area contributed by atoms with Crippen molar-refractivity contribution in [3.8, 4) is 11.3 Å². The van der Waals surface area contributed by atoms with Gasteiger partial charge in [0.1, 0.15) is 11.5 Å². The van der Waals surface area contributed by atoms with Crippen molar-refractivity contribution in [3.63, 3.8) is 0 Å². The highest BCUT2D eigenvalue weighted by atomic mass is 16.3. The molecule has 0 aliphatic rings. The van der Waals surface area contributed by atoms with Gasteiger partial charge in [-0.15, -0.1) is 0 Å². The summed E-state index contributed by atoms with van der Waals surface area (Å²) in [5.41, 5.74) is 3.77. The van der Waals surface area contributed by atoms with Crippen molar-refractivity contribution in [1.82, 2.24) is 5.32 Å². The lowest BCUT2D eigenvalue weighted by atomic mass is 10.1. The van der Waals surface area contributed by atoms with Gasteiger partial charge in [-0.1, -0.05) is 12.1 Å². The van der Waals surface area contributed by atoms with Crippen LogP contribution in [0.3, 0.4) is 0 Å². The van der Waals surface area contributed by atoms with E-state index in [0.29, 0.717) is 6.04 Å². The van der Waals surface area contributed by atoms with Crippen LogP contribution in [-0.2, 0) is 6.42 Å². The monoisotopic (exact) mass is 243 g/mol. The van der Waals surface area contributed by atoms with Crippen LogP contribution in [0.1, 0.15) is 23.8 Å². The lowest BCUT2D eigenvalue weighted by molar-refractivity contribution is 0.481. The van der Waals surface area contributed by atoms with Crippen molar-refractivity contribution < 1.29 is 4.42 Å². The number of aryl methyl sites for hydroxylation is 2. The van der Waals surface area contributed by atoms with Gasteiger partial charge in [0.15, 0.2) is 0 Å². The van der Waals surface area contributed by atoms with E-state index in [1.165, 1.54) is 11.1 Å². The molecule has 0 amide bonds. The van der Waals surface area contributed by atoms with Crippen LogP contribution in [0.2, 0.25) is 0 Å². The first-order chi connectivity index (χ1) is 8.60. The molecule has 2 nitrogen and oxygen atoms in total. The summed E-state index contributed by atoms with van der Waals surface area (Å²) in [4.78, 5) is 0. The van der Waals surface area contributed by atoms with E-state index in [2.05, 4.69) is 56.4 Å². The van der Waals surface area contributed by atoms with E-state index in [1.54, 1.807) is 0 Å². The van der Waals surface area contributed by atoms with Crippen molar-refractivity contribution in [2.45, 2.75) is 33.2 Å². The molecule has 0 bridgehead atoms. The molecule has 18 heavy (non-hydrogen) atoms. The Labute approximate surface area is 109 Å². The molecule has 1 aromatic carbocycles. The summed E-state index contributed by atoms with van der Waals surface area (Å²) >= 11 is 0. The van der Waals surface area contributed by atoms with Crippen molar-refractivity contribution in [2.24, 2.45) is 0 Å². The quantitative estimate of drug-likeness (QED) is 0.885. The number of hydrogen-bond donors (Lipinski definition) is 1. The average molecular weight is 243 g/mol. The van der Waals surface area contributed by atoms with E-state index in [4.69, 9.17) is 4.42 Å². The molecule has 0 saturated carbocycles. The molecule has 0 aliphatic heterocycles. The van der Waals surface area contributed by atoms with Gasteiger partial charge in [0.2, 0.25) is 0 Å². The molecule has 1 atom stereocenters. The summed E-state index contributed by atoms with van der Waals surface area (Å²) in [7, 11) is 1.97. The topological polar surface area (TPSA) is 25.2 Å². The summed E-state index contributed by atoms with van der Waals surface area (Å²) in [5.74, 6) is 1.99. The van der Waals surface area contributed by atoms with E-state index in [1.807, 2.05) is 7.05 Å². The zero-order valence-corrected chi connectivity index (χ0v) is 11.6. The van der Waals surface area contributed by atoms with Crippen LogP contribution in [0.5, 0.6) is 0 Å². The molecule has 1 unspecified atom stereocenters. The first-order valence-electron chi connectivity index (χ1n) is 6.43. The molecule has 0 aliphatic carbocycles. The third kappa shape index (κ3) is 2.82. The molecule has 2 rings (SSSR count). The van der Waals surface area contributed by atoms with Gasteiger partial charge in [0, 0.05) is 18.0 Å². The standard InChI is InChI=1S/C16H21NO/c1-11-5-6-14(9-12(11)2)16-8-7-15(18-16)10-13(3)17-4/h5-9,13,17H,10H2,1-4H3. The van der Waals surface area contributed by atoms with E-state index in [9.17, 15) is 0 Å². The van der Waals surface area contributed by atoms with Gasteiger partial charge in [-0.3, -0.25) is 0 Å². The van der Waals surface area contributed by atoms with E-state index in [-0.39, 0.29) is 0 Å². The minimum Gasteiger partial charge on any atom is -0.461 e.